The van der Waals surface area contributed by atoms with E-state index in [-0.39, 0.29) is 17.5 Å². The van der Waals surface area contributed by atoms with Crippen molar-refractivity contribution in [2.24, 2.45) is 17.8 Å². The molecule has 3 aliphatic carbocycles. The number of para-hydroxylation sites is 1. The van der Waals surface area contributed by atoms with Crippen molar-refractivity contribution in [3.05, 3.63) is 65.7 Å². The summed E-state index contributed by atoms with van der Waals surface area (Å²) in [7, 11) is 3.54. The summed E-state index contributed by atoms with van der Waals surface area (Å²) >= 11 is 0. The van der Waals surface area contributed by atoms with Crippen LogP contribution in [-0.2, 0) is 6.54 Å². The third-order valence-electron chi connectivity index (χ3n) is 8.21. The third-order valence-corrected chi connectivity index (χ3v) is 8.21. The molecule has 0 spiro atoms. The minimum Gasteiger partial charge on any atom is -0.347 e. The fourth-order valence-corrected chi connectivity index (χ4v) is 6.76. The van der Waals surface area contributed by atoms with E-state index in [0.717, 1.165) is 36.9 Å². The fourth-order valence-electron chi connectivity index (χ4n) is 6.76. The zero-order chi connectivity index (χ0) is 23.9. The molecule has 0 aliphatic heterocycles. The van der Waals surface area contributed by atoms with Gasteiger partial charge in [-0.3, -0.25) is 9.69 Å². The zero-order valence-electron chi connectivity index (χ0n) is 20.0. The number of carbonyl (C=O) groups is 2. The van der Waals surface area contributed by atoms with Gasteiger partial charge in [0.05, 0.1) is 0 Å². The Morgan fingerprint density at radius 2 is 1.62 bits per heavy atom. The van der Waals surface area contributed by atoms with Crippen LogP contribution >= 0.6 is 0 Å². The van der Waals surface area contributed by atoms with Crippen molar-refractivity contribution < 1.29 is 14.0 Å². The second kappa shape index (κ2) is 9.05. The number of hydrogen-bond acceptors (Lipinski definition) is 2. The van der Waals surface area contributed by atoms with Crippen LogP contribution < -0.4 is 10.2 Å². The average molecular weight is 464 g/mol. The third kappa shape index (κ3) is 4.55. The Kier molecular flexibility index (Phi) is 6.09. The molecule has 2 aromatic rings. The van der Waals surface area contributed by atoms with Gasteiger partial charge in [0.2, 0.25) is 0 Å². The molecule has 3 saturated carbocycles. The molecule has 5 atom stereocenters. The number of nitrogens with zero attached hydrogens (tertiary/aromatic N) is 2. The van der Waals surface area contributed by atoms with Crippen LogP contribution in [0, 0.1) is 17.8 Å². The maximum atomic E-state index is 14.2. The number of benzene rings is 2. The number of alkyl halides is 1. The van der Waals surface area contributed by atoms with Crippen molar-refractivity contribution in [1.29, 1.82) is 0 Å². The Hall–Kier alpha value is -2.89. The Bertz CT molecular complexity index is 1040. The van der Waals surface area contributed by atoms with Gasteiger partial charge in [0.1, 0.15) is 6.17 Å². The molecule has 6 heteroatoms. The summed E-state index contributed by atoms with van der Waals surface area (Å²) in [6, 6.07) is 17.0. The van der Waals surface area contributed by atoms with Crippen LogP contribution in [0.4, 0.5) is 14.9 Å². The Morgan fingerprint density at radius 3 is 2.32 bits per heavy atom. The van der Waals surface area contributed by atoms with Gasteiger partial charge >= 0.3 is 6.03 Å². The highest BCUT2D eigenvalue weighted by atomic mass is 19.1. The number of carbonyl (C=O) groups excluding carboxylic acids is 2. The van der Waals surface area contributed by atoms with Crippen LogP contribution in [0.5, 0.6) is 0 Å². The summed E-state index contributed by atoms with van der Waals surface area (Å²) in [5.74, 6) is 1.32. The standard InChI is InChI=1S/C28H34FN3O2/c1-31(27(34)32(2)25-6-4-3-5-7-25)18-19-8-10-21(11-9-19)26(33)30-28-15-20-12-22(16-28)23(17-28)14-24(29)13-20/h3-11,20,22-24H,12-18H2,1-2H3,(H,30,33). The number of nitrogens with one attached hydrogen (secondary N) is 1. The highest BCUT2D eigenvalue weighted by Gasteiger charge is 2.53. The number of amides is 3. The quantitative estimate of drug-likeness (QED) is 0.645. The Morgan fingerprint density at radius 1 is 0.941 bits per heavy atom. The monoisotopic (exact) mass is 463 g/mol. The van der Waals surface area contributed by atoms with E-state index in [2.05, 4.69) is 5.32 Å². The fraction of sp³-hybridized carbons (Fsp3) is 0.500. The molecule has 3 amide bonds. The lowest BCUT2D eigenvalue weighted by Crippen LogP contribution is -2.50. The van der Waals surface area contributed by atoms with Gasteiger partial charge in [-0.2, -0.15) is 0 Å². The molecule has 180 valence electrons. The van der Waals surface area contributed by atoms with Gasteiger partial charge in [-0.1, -0.05) is 30.3 Å². The number of fused-ring (bicyclic) bond motifs is 2. The molecule has 0 heterocycles. The van der Waals surface area contributed by atoms with E-state index < -0.39 is 6.17 Å². The van der Waals surface area contributed by atoms with E-state index in [4.69, 9.17) is 0 Å². The topological polar surface area (TPSA) is 52.7 Å². The number of urea groups is 1. The number of rotatable bonds is 5. The van der Waals surface area contributed by atoms with E-state index in [1.165, 1.54) is 0 Å². The minimum absolute atomic E-state index is 0.0442. The molecule has 34 heavy (non-hydrogen) atoms. The van der Waals surface area contributed by atoms with E-state index >= 15 is 0 Å². The maximum absolute atomic E-state index is 14.2. The van der Waals surface area contributed by atoms with E-state index in [1.54, 1.807) is 23.9 Å². The largest absolute Gasteiger partial charge is 0.347 e. The molecular formula is C28H34FN3O2. The van der Waals surface area contributed by atoms with Gasteiger partial charge in [0, 0.05) is 37.4 Å². The first-order valence-corrected chi connectivity index (χ1v) is 12.4. The van der Waals surface area contributed by atoms with Crippen LogP contribution in [0.25, 0.3) is 0 Å². The number of halogens is 1. The molecule has 3 aliphatic rings. The summed E-state index contributed by atoms with van der Waals surface area (Å²) in [5, 5.41) is 3.36. The second-order valence-corrected chi connectivity index (χ2v) is 10.8. The first kappa shape index (κ1) is 22.9. The van der Waals surface area contributed by atoms with Crippen LogP contribution in [0.1, 0.15) is 54.4 Å². The Balaban J connectivity index is 1.20. The van der Waals surface area contributed by atoms with Gasteiger partial charge < -0.3 is 10.2 Å². The SMILES string of the molecule is CN(Cc1ccc(C(=O)NC23CC4CC(F)CC(C2)C(C4)C3)cc1)C(=O)N(C)c1ccccc1. The average Bonchev–Trinajstić information content (AvgIpc) is 3.00. The van der Waals surface area contributed by atoms with E-state index in [9.17, 15) is 14.0 Å². The highest BCUT2D eigenvalue weighted by molar-refractivity contribution is 5.95. The first-order chi connectivity index (χ1) is 16.3. The maximum Gasteiger partial charge on any atom is 0.324 e. The van der Waals surface area contributed by atoms with Crippen molar-refractivity contribution in [3.63, 3.8) is 0 Å². The van der Waals surface area contributed by atoms with Crippen LogP contribution in [0.2, 0.25) is 0 Å². The predicted octanol–water partition coefficient (Wildman–Crippen LogP) is 5.41. The molecule has 0 radical (unpaired) electrons. The Labute approximate surface area is 201 Å². The molecule has 0 saturated heterocycles. The van der Waals surface area contributed by atoms with Gasteiger partial charge in [-0.25, -0.2) is 9.18 Å². The lowest BCUT2D eigenvalue weighted by atomic mass is 9.75. The molecule has 5 unspecified atom stereocenters. The van der Waals surface area contributed by atoms with Crippen molar-refractivity contribution in [2.45, 2.75) is 56.8 Å². The summed E-state index contributed by atoms with van der Waals surface area (Å²) in [6.45, 7) is 0.456. The van der Waals surface area contributed by atoms with Crippen molar-refractivity contribution >= 4 is 17.6 Å². The van der Waals surface area contributed by atoms with Gasteiger partial charge in [-0.05, 0) is 86.1 Å². The molecule has 5 nitrogen and oxygen atoms in total. The first-order valence-electron chi connectivity index (χ1n) is 12.4. The summed E-state index contributed by atoms with van der Waals surface area (Å²) < 4.78 is 14.2. The van der Waals surface area contributed by atoms with Gasteiger partial charge in [-0.15, -0.1) is 0 Å². The lowest BCUT2D eigenvalue weighted by Gasteiger charge is -2.39. The van der Waals surface area contributed by atoms with Crippen LogP contribution in [0.15, 0.2) is 54.6 Å². The normalized spacial score (nSPS) is 29.4. The van der Waals surface area contributed by atoms with Crippen LogP contribution in [-0.4, -0.2) is 42.6 Å². The molecule has 5 rings (SSSR count). The van der Waals surface area contributed by atoms with E-state index in [0.29, 0.717) is 42.7 Å². The number of anilines is 1. The molecule has 2 aromatic carbocycles. The van der Waals surface area contributed by atoms with Crippen molar-refractivity contribution in [2.75, 3.05) is 19.0 Å². The highest BCUT2D eigenvalue weighted by Crippen LogP contribution is 2.55. The molecule has 3 fully saturated rings. The van der Waals surface area contributed by atoms with Gasteiger partial charge in [0.15, 0.2) is 0 Å². The molecule has 1 N–H and O–H groups in total. The molecule has 3 bridgehead atoms. The van der Waals surface area contributed by atoms with Gasteiger partial charge in [0.25, 0.3) is 5.91 Å². The molecule has 0 aromatic heterocycles. The van der Waals surface area contributed by atoms with Crippen molar-refractivity contribution in [1.82, 2.24) is 10.2 Å². The summed E-state index contributed by atoms with van der Waals surface area (Å²) in [6.07, 6.45) is 4.60. The number of hydrogen-bond donors (Lipinski definition) is 1. The van der Waals surface area contributed by atoms with Crippen molar-refractivity contribution in [3.8, 4) is 0 Å². The zero-order valence-corrected chi connectivity index (χ0v) is 20.0. The predicted molar refractivity (Wildman–Crippen MR) is 131 cm³/mol. The van der Waals surface area contributed by atoms with E-state index in [1.807, 2.05) is 54.6 Å². The summed E-state index contributed by atoms with van der Waals surface area (Å²) in [4.78, 5) is 29.2. The smallest absolute Gasteiger partial charge is 0.324 e. The summed E-state index contributed by atoms with van der Waals surface area (Å²) in [5.41, 5.74) is 2.28. The molecular weight excluding hydrogens is 429 g/mol. The lowest BCUT2D eigenvalue weighted by molar-refractivity contribution is 0.0838. The second-order valence-electron chi connectivity index (χ2n) is 10.8. The minimum atomic E-state index is -0.670. The van der Waals surface area contributed by atoms with Crippen LogP contribution in [0.3, 0.4) is 0 Å².